The van der Waals surface area contributed by atoms with Gasteiger partial charge in [-0.25, -0.2) is 0 Å². The lowest BCUT2D eigenvalue weighted by molar-refractivity contribution is -0.120. The summed E-state index contributed by atoms with van der Waals surface area (Å²) in [6.07, 6.45) is 0. The summed E-state index contributed by atoms with van der Waals surface area (Å²) < 4.78 is 5.67. The minimum Gasteiger partial charge on any atom is -0.496 e. The quantitative estimate of drug-likeness (QED) is 0.293. The standard InChI is InChI=1S/C32H31ClN2O2/c1-19-14-24(15-20(2)29(19)34)32(25-16-21(3)30(37-5)22(4)17-25)26-11-7-9-13-28(26)35(31(32)36)18-23-10-6-8-12-27(23)33/h6-17H,18,34H2,1-5H3. The van der Waals surface area contributed by atoms with E-state index in [0.717, 1.165) is 61.6 Å². The molecule has 4 aromatic carbocycles. The van der Waals surface area contributed by atoms with Crippen LogP contribution >= 0.6 is 11.6 Å². The van der Waals surface area contributed by atoms with Crippen molar-refractivity contribution in [2.45, 2.75) is 39.7 Å². The van der Waals surface area contributed by atoms with Gasteiger partial charge < -0.3 is 15.4 Å². The summed E-state index contributed by atoms with van der Waals surface area (Å²) in [5.41, 5.74) is 14.5. The molecular formula is C32H31ClN2O2. The van der Waals surface area contributed by atoms with E-state index in [0.29, 0.717) is 11.6 Å². The predicted octanol–water partition coefficient (Wildman–Crippen LogP) is 7.05. The van der Waals surface area contributed by atoms with Crippen molar-refractivity contribution in [2.24, 2.45) is 0 Å². The highest BCUT2D eigenvalue weighted by Gasteiger charge is 2.53. The highest BCUT2D eigenvalue weighted by atomic mass is 35.5. The van der Waals surface area contributed by atoms with Gasteiger partial charge >= 0.3 is 0 Å². The number of anilines is 2. The molecule has 0 saturated carbocycles. The van der Waals surface area contributed by atoms with Crippen LogP contribution in [0.4, 0.5) is 11.4 Å². The largest absolute Gasteiger partial charge is 0.496 e. The molecule has 0 radical (unpaired) electrons. The molecule has 0 spiro atoms. The number of fused-ring (bicyclic) bond motifs is 1. The summed E-state index contributed by atoms with van der Waals surface area (Å²) in [5, 5.41) is 0.639. The molecule has 5 heteroatoms. The van der Waals surface area contributed by atoms with E-state index in [4.69, 9.17) is 22.1 Å². The van der Waals surface area contributed by atoms with Gasteiger partial charge in [-0.3, -0.25) is 4.79 Å². The molecule has 0 aromatic heterocycles. The Balaban J connectivity index is 1.84. The van der Waals surface area contributed by atoms with E-state index in [9.17, 15) is 4.79 Å². The minimum atomic E-state index is -1.05. The second kappa shape index (κ2) is 9.28. The zero-order chi connectivity index (χ0) is 26.5. The van der Waals surface area contributed by atoms with Crippen molar-refractivity contribution in [3.63, 3.8) is 0 Å². The number of rotatable bonds is 5. The number of nitrogens with two attached hydrogens (primary N) is 1. The lowest BCUT2D eigenvalue weighted by Crippen LogP contribution is -2.42. The summed E-state index contributed by atoms with van der Waals surface area (Å²) >= 11 is 6.55. The molecule has 1 heterocycles. The summed E-state index contributed by atoms with van der Waals surface area (Å²) in [5.74, 6) is 0.816. The number of carbonyl (C=O) groups is 1. The summed E-state index contributed by atoms with van der Waals surface area (Å²) in [6, 6.07) is 24.0. The first-order valence-corrected chi connectivity index (χ1v) is 12.8. The van der Waals surface area contributed by atoms with Crippen molar-refractivity contribution in [1.82, 2.24) is 0 Å². The zero-order valence-corrected chi connectivity index (χ0v) is 22.6. The number of nitrogen functional groups attached to an aromatic ring is 1. The molecule has 1 aliphatic heterocycles. The Morgan fingerprint density at radius 1 is 0.838 bits per heavy atom. The fraction of sp³-hybridized carbons (Fsp3) is 0.219. The Morgan fingerprint density at radius 3 is 1.97 bits per heavy atom. The lowest BCUT2D eigenvalue weighted by atomic mass is 9.69. The number of carbonyl (C=O) groups excluding carboxylic acids is 1. The van der Waals surface area contributed by atoms with E-state index in [1.54, 1.807) is 7.11 Å². The maximum Gasteiger partial charge on any atom is 0.247 e. The second-order valence-corrected chi connectivity index (χ2v) is 10.3. The van der Waals surface area contributed by atoms with Crippen molar-refractivity contribution in [3.8, 4) is 5.75 Å². The number of hydrogen-bond acceptors (Lipinski definition) is 3. The van der Waals surface area contributed by atoms with Crippen LogP contribution in [0.25, 0.3) is 0 Å². The van der Waals surface area contributed by atoms with Crippen LogP contribution in [0.15, 0.2) is 72.8 Å². The highest BCUT2D eigenvalue weighted by molar-refractivity contribution is 6.31. The van der Waals surface area contributed by atoms with Crippen LogP contribution in [0.1, 0.15) is 44.5 Å². The van der Waals surface area contributed by atoms with Gasteiger partial charge in [-0.1, -0.05) is 72.3 Å². The van der Waals surface area contributed by atoms with Crippen LogP contribution in [-0.4, -0.2) is 13.0 Å². The molecule has 1 atom stereocenters. The summed E-state index contributed by atoms with van der Waals surface area (Å²) in [7, 11) is 1.68. The molecule has 0 bridgehead atoms. The molecule has 4 nitrogen and oxygen atoms in total. The predicted molar refractivity (Wildman–Crippen MR) is 152 cm³/mol. The Morgan fingerprint density at radius 2 is 1.38 bits per heavy atom. The first kappa shape index (κ1) is 24.9. The topological polar surface area (TPSA) is 55.6 Å². The van der Waals surface area contributed by atoms with Crippen LogP contribution in [0.5, 0.6) is 5.75 Å². The van der Waals surface area contributed by atoms with Crippen molar-refractivity contribution in [1.29, 1.82) is 0 Å². The zero-order valence-electron chi connectivity index (χ0n) is 21.9. The smallest absolute Gasteiger partial charge is 0.247 e. The minimum absolute atomic E-state index is 0.0128. The first-order chi connectivity index (χ1) is 17.7. The number of para-hydroxylation sites is 1. The van der Waals surface area contributed by atoms with E-state index < -0.39 is 5.41 Å². The SMILES string of the molecule is COc1c(C)cc(C2(c3cc(C)c(N)c(C)c3)C(=O)N(Cc3ccccc3Cl)c3ccccc32)cc1C. The van der Waals surface area contributed by atoms with Gasteiger partial charge in [0, 0.05) is 22.0 Å². The molecule has 37 heavy (non-hydrogen) atoms. The van der Waals surface area contributed by atoms with Crippen molar-refractivity contribution < 1.29 is 9.53 Å². The first-order valence-electron chi connectivity index (χ1n) is 12.4. The molecule has 2 N–H and O–H groups in total. The third kappa shape index (κ3) is 3.79. The van der Waals surface area contributed by atoms with Crippen molar-refractivity contribution >= 4 is 28.9 Å². The number of amides is 1. The third-order valence-corrected chi connectivity index (χ3v) is 7.94. The van der Waals surface area contributed by atoms with Gasteiger partial charge in [0.2, 0.25) is 5.91 Å². The monoisotopic (exact) mass is 510 g/mol. The molecule has 5 rings (SSSR count). The highest BCUT2D eigenvalue weighted by Crippen LogP contribution is 2.52. The summed E-state index contributed by atoms with van der Waals surface area (Å²) in [4.78, 5) is 16.8. The van der Waals surface area contributed by atoms with Crippen LogP contribution in [-0.2, 0) is 16.8 Å². The fourth-order valence-corrected chi connectivity index (χ4v) is 6.01. The molecular weight excluding hydrogens is 480 g/mol. The van der Waals surface area contributed by atoms with Crippen LogP contribution in [0.2, 0.25) is 5.02 Å². The maximum absolute atomic E-state index is 14.9. The molecule has 1 amide bonds. The number of halogens is 1. The number of nitrogens with zero attached hydrogens (tertiary/aromatic N) is 1. The number of ether oxygens (including phenoxy) is 1. The van der Waals surface area contributed by atoms with Gasteiger partial charge in [0.05, 0.1) is 13.7 Å². The average molecular weight is 511 g/mol. The van der Waals surface area contributed by atoms with Gasteiger partial charge in [0.25, 0.3) is 0 Å². The Hall–Kier alpha value is -3.76. The van der Waals surface area contributed by atoms with E-state index >= 15 is 0 Å². The second-order valence-electron chi connectivity index (χ2n) is 9.92. The maximum atomic E-state index is 14.9. The van der Waals surface area contributed by atoms with E-state index in [-0.39, 0.29) is 5.91 Å². The Bertz CT molecular complexity index is 1500. The van der Waals surface area contributed by atoms with E-state index in [1.807, 2.05) is 75.1 Å². The number of benzene rings is 4. The van der Waals surface area contributed by atoms with Gasteiger partial charge in [0.15, 0.2) is 0 Å². The van der Waals surface area contributed by atoms with Crippen molar-refractivity contribution in [3.05, 3.63) is 122 Å². The average Bonchev–Trinajstić information content (AvgIpc) is 3.12. The number of methoxy groups -OCH3 is 1. The summed E-state index contributed by atoms with van der Waals surface area (Å²) in [6.45, 7) is 8.41. The van der Waals surface area contributed by atoms with Gasteiger partial charge in [0.1, 0.15) is 11.2 Å². The van der Waals surface area contributed by atoms with E-state index in [2.05, 4.69) is 30.3 Å². The van der Waals surface area contributed by atoms with Gasteiger partial charge in [-0.2, -0.15) is 0 Å². The van der Waals surface area contributed by atoms with Crippen LogP contribution in [0, 0.1) is 27.7 Å². The molecule has 0 fully saturated rings. The Kier molecular flexibility index (Phi) is 6.25. The van der Waals surface area contributed by atoms with Gasteiger partial charge in [-0.15, -0.1) is 0 Å². The third-order valence-electron chi connectivity index (χ3n) is 7.58. The fourth-order valence-electron chi connectivity index (χ4n) is 5.81. The normalized spacial score (nSPS) is 16.7. The van der Waals surface area contributed by atoms with Crippen LogP contribution in [0.3, 0.4) is 0 Å². The molecule has 4 aromatic rings. The molecule has 1 unspecified atom stereocenters. The number of aryl methyl sites for hydroxylation is 4. The molecule has 0 saturated heterocycles. The van der Waals surface area contributed by atoms with Crippen molar-refractivity contribution in [2.75, 3.05) is 17.7 Å². The lowest BCUT2D eigenvalue weighted by Gasteiger charge is -2.32. The molecule has 188 valence electrons. The van der Waals surface area contributed by atoms with E-state index in [1.165, 1.54) is 0 Å². The number of hydrogen-bond donors (Lipinski definition) is 1. The Labute approximate surface area is 223 Å². The molecule has 0 aliphatic carbocycles. The van der Waals surface area contributed by atoms with Crippen LogP contribution < -0.4 is 15.4 Å². The molecule has 1 aliphatic rings. The van der Waals surface area contributed by atoms with Gasteiger partial charge in [-0.05, 0) is 78.8 Å².